The Labute approximate surface area is 106 Å². The van der Waals surface area contributed by atoms with Gasteiger partial charge in [-0.2, -0.15) is 0 Å². The van der Waals surface area contributed by atoms with Gasteiger partial charge in [0.25, 0.3) is 0 Å². The standard InChI is InChI=1S/C5H5NOS.K.H2O/c7-5-6-1-3-8-4-2-6;;/h1-5H;;1H2/q;+1;/p-1. The van der Waals surface area contributed by atoms with Crippen molar-refractivity contribution >= 4 is 18.2 Å². The maximum atomic E-state index is 9.97. The molecule has 1 amide bonds. The van der Waals surface area contributed by atoms with Gasteiger partial charge in [0.2, 0.25) is 6.41 Å². The van der Waals surface area contributed by atoms with Crippen molar-refractivity contribution in [2.24, 2.45) is 0 Å². The molecule has 0 aliphatic carbocycles. The van der Waals surface area contributed by atoms with Gasteiger partial charge in [-0.15, -0.1) is 11.8 Å². The van der Waals surface area contributed by atoms with Crippen LogP contribution in [0, 0.1) is 0 Å². The summed E-state index contributed by atoms with van der Waals surface area (Å²) in [4.78, 5) is 11.4. The quantitative estimate of drug-likeness (QED) is 0.348. The second kappa shape index (κ2) is 8.00. The van der Waals surface area contributed by atoms with E-state index in [0.717, 1.165) is 6.41 Å². The minimum atomic E-state index is 0. The molecule has 0 aromatic rings. The molecule has 1 N–H and O–H groups in total. The zero-order chi connectivity index (χ0) is 5.82. The van der Waals surface area contributed by atoms with Gasteiger partial charge in [-0.3, -0.25) is 9.69 Å². The van der Waals surface area contributed by atoms with Gasteiger partial charge in [-0.1, -0.05) is 0 Å². The maximum absolute atomic E-state index is 9.97. The molecule has 0 radical (unpaired) electrons. The summed E-state index contributed by atoms with van der Waals surface area (Å²) in [5, 5.41) is 3.68. The molecular weight excluding hydrogens is 177 g/mol. The Balaban J connectivity index is 0. The van der Waals surface area contributed by atoms with Gasteiger partial charge in [-0.25, -0.2) is 0 Å². The Bertz CT molecular complexity index is 137. The van der Waals surface area contributed by atoms with Crippen molar-refractivity contribution < 1.29 is 61.7 Å². The van der Waals surface area contributed by atoms with E-state index in [1.54, 1.807) is 24.2 Å². The molecule has 0 spiro atoms. The van der Waals surface area contributed by atoms with E-state index in [9.17, 15) is 4.79 Å². The van der Waals surface area contributed by atoms with Crippen LogP contribution in [0.25, 0.3) is 0 Å². The van der Waals surface area contributed by atoms with Crippen LogP contribution in [0.5, 0.6) is 0 Å². The summed E-state index contributed by atoms with van der Waals surface area (Å²) in [5.74, 6) is 0. The third-order valence-electron chi connectivity index (χ3n) is 0.745. The van der Waals surface area contributed by atoms with Gasteiger partial charge >= 0.3 is 51.4 Å². The van der Waals surface area contributed by atoms with E-state index >= 15 is 0 Å². The molecule has 5 heteroatoms. The number of hydrogen-bond donors (Lipinski definition) is 0. The number of amides is 1. The normalized spacial score (nSPS) is 13.4. The molecule has 0 saturated heterocycles. The number of thioether (sulfide) groups is 1. The fourth-order valence-electron chi connectivity index (χ4n) is 0.376. The fourth-order valence-corrected chi connectivity index (χ4v) is 0.889. The van der Waals surface area contributed by atoms with Crippen LogP contribution < -0.4 is 51.4 Å². The largest absolute Gasteiger partial charge is 1.00 e. The summed E-state index contributed by atoms with van der Waals surface area (Å²) in [6.45, 7) is 0. The van der Waals surface area contributed by atoms with Gasteiger partial charge < -0.3 is 5.48 Å². The van der Waals surface area contributed by atoms with Gasteiger partial charge in [0.1, 0.15) is 0 Å². The minimum absolute atomic E-state index is 0. The third-order valence-corrected chi connectivity index (χ3v) is 1.30. The molecule has 0 aromatic carbocycles. The number of carbonyl (C=O) groups is 1. The molecule has 1 aliphatic heterocycles. The molecule has 0 atom stereocenters. The Morgan fingerprint density at radius 1 is 1.30 bits per heavy atom. The van der Waals surface area contributed by atoms with Crippen LogP contribution >= 0.6 is 11.8 Å². The first-order valence-corrected chi connectivity index (χ1v) is 3.09. The first-order valence-electron chi connectivity index (χ1n) is 2.15. The van der Waals surface area contributed by atoms with E-state index in [2.05, 4.69) is 0 Å². The monoisotopic (exact) mass is 183 g/mol. The second-order valence-corrected chi connectivity index (χ2v) is 2.08. The van der Waals surface area contributed by atoms with Crippen LogP contribution in [0.2, 0.25) is 0 Å². The SMILES string of the molecule is O=CN1C=CSC=C1.[K+].[OH-]. The van der Waals surface area contributed by atoms with E-state index in [-0.39, 0.29) is 56.9 Å². The van der Waals surface area contributed by atoms with Crippen LogP contribution in [0.1, 0.15) is 0 Å². The summed E-state index contributed by atoms with van der Waals surface area (Å²) < 4.78 is 0. The molecule has 50 valence electrons. The molecule has 1 rings (SSSR count). The van der Waals surface area contributed by atoms with Crippen LogP contribution in [0.3, 0.4) is 0 Å². The average molecular weight is 183 g/mol. The van der Waals surface area contributed by atoms with Crippen molar-refractivity contribution in [1.82, 2.24) is 4.90 Å². The van der Waals surface area contributed by atoms with Gasteiger partial charge in [0, 0.05) is 12.4 Å². The predicted octanol–water partition coefficient (Wildman–Crippen LogP) is -2.04. The summed E-state index contributed by atoms with van der Waals surface area (Å²) >= 11 is 1.55. The Morgan fingerprint density at radius 3 is 2.10 bits per heavy atom. The number of hydrogen-bond acceptors (Lipinski definition) is 3. The topological polar surface area (TPSA) is 50.3 Å². The van der Waals surface area contributed by atoms with Crippen LogP contribution in [-0.2, 0) is 4.79 Å². The van der Waals surface area contributed by atoms with E-state index < -0.39 is 0 Å². The van der Waals surface area contributed by atoms with Crippen LogP contribution in [-0.4, -0.2) is 16.8 Å². The Morgan fingerprint density at radius 2 is 1.80 bits per heavy atom. The summed E-state index contributed by atoms with van der Waals surface area (Å²) in [7, 11) is 0. The molecule has 1 heterocycles. The van der Waals surface area contributed by atoms with Crippen molar-refractivity contribution in [1.29, 1.82) is 0 Å². The molecule has 10 heavy (non-hydrogen) atoms. The summed E-state index contributed by atoms with van der Waals surface area (Å²) in [6.07, 6.45) is 4.17. The third kappa shape index (κ3) is 4.67. The van der Waals surface area contributed by atoms with Crippen molar-refractivity contribution in [3.8, 4) is 0 Å². The molecular formula is C5H6KNO2S. The summed E-state index contributed by atoms with van der Waals surface area (Å²) in [6, 6.07) is 0. The molecule has 1 aliphatic rings. The zero-order valence-electron chi connectivity index (χ0n) is 5.60. The molecule has 0 aromatic heterocycles. The smallest absolute Gasteiger partial charge is 0.870 e. The second-order valence-electron chi connectivity index (χ2n) is 1.26. The fraction of sp³-hybridized carbons (Fsp3) is 0. The van der Waals surface area contributed by atoms with Crippen molar-refractivity contribution in [2.45, 2.75) is 0 Å². The van der Waals surface area contributed by atoms with E-state index in [0.29, 0.717) is 0 Å². The van der Waals surface area contributed by atoms with E-state index in [1.807, 2.05) is 10.8 Å². The van der Waals surface area contributed by atoms with E-state index in [4.69, 9.17) is 0 Å². The number of nitrogens with zero attached hydrogens (tertiary/aromatic N) is 1. The first kappa shape index (κ1) is 13.5. The molecule has 0 bridgehead atoms. The zero-order valence-corrected chi connectivity index (χ0v) is 9.54. The van der Waals surface area contributed by atoms with Gasteiger partial charge in [-0.05, 0) is 10.8 Å². The molecule has 0 fully saturated rings. The summed E-state index contributed by atoms with van der Waals surface area (Å²) in [5.41, 5.74) is 0. The van der Waals surface area contributed by atoms with Crippen molar-refractivity contribution in [3.63, 3.8) is 0 Å². The van der Waals surface area contributed by atoms with Crippen molar-refractivity contribution in [2.75, 3.05) is 0 Å². The Hall–Kier alpha value is 0.896. The Kier molecular flexibility index (Phi) is 10.8. The first-order chi connectivity index (χ1) is 3.93. The van der Waals surface area contributed by atoms with Crippen LogP contribution in [0.4, 0.5) is 0 Å². The van der Waals surface area contributed by atoms with Crippen LogP contribution in [0.15, 0.2) is 23.2 Å². The van der Waals surface area contributed by atoms with Gasteiger partial charge in [0.15, 0.2) is 0 Å². The number of carbonyl (C=O) groups excluding carboxylic acids is 1. The van der Waals surface area contributed by atoms with Crippen molar-refractivity contribution in [3.05, 3.63) is 23.2 Å². The van der Waals surface area contributed by atoms with Gasteiger partial charge in [0.05, 0.1) is 0 Å². The predicted molar refractivity (Wildman–Crippen MR) is 35.7 cm³/mol. The maximum Gasteiger partial charge on any atom is 1.00 e. The average Bonchev–Trinajstić information content (AvgIpc) is 1.90. The van der Waals surface area contributed by atoms with E-state index in [1.165, 1.54) is 4.90 Å². The molecule has 0 saturated carbocycles. The molecule has 0 unspecified atom stereocenters. The molecule has 3 nitrogen and oxygen atoms in total. The number of rotatable bonds is 1. The minimum Gasteiger partial charge on any atom is -0.870 e.